The van der Waals surface area contributed by atoms with Gasteiger partial charge in [0.2, 0.25) is 0 Å². The summed E-state index contributed by atoms with van der Waals surface area (Å²) in [6.07, 6.45) is 4.05. The molecule has 2 N–H and O–H groups in total. The molecular weight excluding hydrogens is 471 g/mol. The van der Waals surface area contributed by atoms with Crippen molar-refractivity contribution in [3.63, 3.8) is 0 Å². The molecule has 148 valence electrons. The van der Waals surface area contributed by atoms with Crippen LogP contribution in [0.4, 0.5) is 8.78 Å². The molecule has 1 aliphatic heterocycles. The first-order chi connectivity index (χ1) is 12.0. The standard InChI is InChI=1S/C18H27F2N3OS.HI/c1-4-21-17(22-12-18(25-3)7-9-24-10-8-18)23-13(2)15-6-5-14(19)11-16(15)20;/h5-6,11,13H,4,7-10,12H2,1-3H3,(H2,21,22,23);1H. The highest BCUT2D eigenvalue weighted by atomic mass is 127. The molecule has 0 radical (unpaired) electrons. The predicted molar refractivity (Wildman–Crippen MR) is 116 cm³/mol. The Hall–Kier alpha value is -0.610. The fourth-order valence-electron chi connectivity index (χ4n) is 2.85. The summed E-state index contributed by atoms with van der Waals surface area (Å²) in [6, 6.07) is 3.32. The van der Waals surface area contributed by atoms with Crippen LogP contribution in [0, 0.1) is 11.6 Å². The number of halogens is 3. The summed E-state index contributed by atoms with van der Waals surface area (Å²) in [5.41, 5.74) is 0.414. The van der Waals surface area contributed by atoms with Crippen molar-refractivity contribution in [2.75, 3.05) is 32.6 Å². The maximum absolute atomic E-state index is 14.0. The Labute approximate surface area is 176 Å². The van der Waals surface area contributed by atoms with Gasteiger partial charge < -0.3 is 15.4 Å². The summed E-state index contributed by atoms with van der Waals surface area (Å²) in [6.45, 7) is 6.72. The van der Waals surface area contributed by atoms with Gasteiger partial charge in [0.1, 0.15) is 11.6 Å². The van der Waals surface area contributed by atoms with Crippen LogP contribution in [0.15, 0.2) is 23.2 Å². The highest BCUT2D eigenvalue weighted by Gasteiger charge is 2.31. The average molecular weight is 499 g/mol. The maximum atomic E-state index is 14.0. The minimum absolute atomic E-state index is 0. The molecule has 1 fully saturated rings. The molecule has 0 amide bonds. The molecule has 1 saturated heterocycles. The molecular formula is C18H28F2IN3OS. The van der Waals surface area contributed by atoms with Crippen LogP contribution >= 0.6 is 35.7 Å². The van der Waals surface area contributed by atoms with E-state index >= 15 is 0 Å². The van der Waals surface area contributed by atoms with Crippen molar-refractivity contribution in [3.8, 4) is 0 Å². The van der Waals surface area contributed by atoms with Gasteiger partial charge in [-0.3, -0.25) is 4.99 Å². The predicted octanol–water partition coefficient (Wildman–Crippen LogP) is 4.11. The number of hydrogen-bond donors (Lipinski definition) is 2. The second kappa shape index (κ2) is 11.3. The van der Waals surface area contributed by atoms with E-state index in [0.717, 1.165) is 32.1 Å². The fourth-order valence-corrected chi connectivity index (χ4v) is 3.62. The highest BCUT2D eigenvalue weighted by molar-refractivity contribution is 14.0. The number of rotatable bonds is 6. The Morgan fingerprint density at radius 2 is 2.04 bits per heavy atom. The van der Waals surface area contributed by atoms with Crippen molar-refractivity contribution in [2.24, 2.45) is 4.99 Å². The van der Waals surface area contributed by atoms with E-state index in [-0.39, 0.29) is 34.8 Å². The van der Waals surface area contributed by atoms with Crippen LogP contribution in [-0.4, -0.2) is 43.3 Å². The van der Waals surface area contributed by atoms with Gasteiger partial charge in [0.15, 0.2) is 5.96 Å². The molecule has 26 heavy (non-hydrogen) atoms. The van der Waals surface area contributed by atoms with Crippen molar-refractivity contribution in [1.82, 2.24) is 10.6 Å². The maximum Gasteiger partial charge on any atom is 0.191 e. The number of nitrogens with zero attached hydrogens (tertiary/aromatic N) is 1. The molecule has 8 heteroatoms. The van der Waals surface area contributed by atoms with Crippen LogP contribution in [-0.2, 0) is 4.74 Å². The molecule has 1 aromatic carbocycles. The Morgan fingerprint density at radius 1 is 1.35 bits per heavy atom. The number of thioether (sulfide) groups is 1. The van der Waals surface area contributed by atoms with Crippen molar-refractivity contribution < 1.29 is 13.5 Å². The van der Waals surface area contributed by atoms with Gasteiger partial charge in [-0.15, -0.1) is 24.0 Å². The van der Waals surface area contributed by atoms with E-state index < -0.39 is 11.6 Å². The minimum atomic E-state index is -0.574. The first kappa shape index (κ1) is 23.4. The van der Waals surface area contributed by atoms with E-state index in [4.69, 9.17) is 9.73 Å². The van der Waals surface area contributed by atoms with E-state index in [1.807, 2.05) is 25.6 Å². The van der Waals surface area contributed by atoms with Gasteiger partial charge >= 0.3 is 0 Å². The molecule has 0 spiro atoms. The molecule has 1 aromatic rings. The second-order valence-electron chi connectivity index (χ2n) is 6.23. The van der Waals surface area contributed by atoms with E-state index in [1.54, 1.807) is 0 Å². The summed E-state index contributed by atoms with van der Waals surface area (Å²) in [7, 11) is 0. The lowest BCUT2D eigenvalue weighted by molar-refractivity contribution is 0.0794. The number of benzene rings is 1. The number of guanidine groups is 1. The SMILES string of the molecule is CCNC(=NCC1(SC)CCOCC1)NC(C)c1ccc(F)cc1F.I. The molecule has 0 bridgehead atoms. The van der Waals surface area contributed by atoms with Crippen molar-refractivity contribution >= 4 is 41.7 Å². The molecule has 2 rings (SSSR count). The molecule has 0 saturated carbocycles. The molecule has 1 atom stereocenters. The summed E-state index contributed by atoms with van der Waals surface area (Å²) < 4.78 is 32.6. The third-order valence-electron chi connectivity index (χ3n) is 4.49. The lowest BCUT2D eigenvalue weighted by Gasteiger charge is -2.34. The zero-order chi connectivity index (χ0) is 18.3. The van der Waals surface area contributed by atoms with Crippen LogP contribution in [0.2, 0.25) is 0 Å². The van der Waals surface area contributed by atoms with E-state index in [1.165, 1.54) is 12.1 Å². The van der Waals surface area contributed by atoms with Crippen LogP contribution in [0.1, 0.15) is 38.3 Å². The van der Waals surface area contributed by atoms with E-state index in [0.29, 0.717) is 24.6 Å². The molecule has 0 aliphatic carbocycles. The van der Waals surface area contributed by atoms with Crippen LogP contribution < -0.4 is 10.6 Å². The van der Waals surface area contributed by atoms with Gasteiger partial charge in [-0.25, -0.2) is 8.78 Å². The Kier molecular flexibility index (Phi) is 10.2. The molecule has 1 heterocycles. The van der Waals surface area contributed by atoms with Gasteiger partial charge in [0, 0.05) is 36.1 Å². The fraction of sp³-hybridized carbons (Fsp3) is 0.611. The molecule has 1 unspecified atom stereocenters. The number of aliphatic imine (C=N–C) groups is 1. The summed E-state index contributed by atoms with van der Waals surface area (Å²) in [5.74, 6) is -0.491. The number of nitrogens with one attached hydrogen (secondary N) is 2. The van der Waals surface area contributed by atoms with Gasteiger partial charge in [-0.05, 0) is 39.0 Å². The van der Waals surface area contributed by atoms with Crippen LogP contribution in [0.3, 0.4) is 0 Å². The van der Waals surface area contributed by atoms with Gasteiger partial charge in [-0.2, -0.15) is 11.8 Å². The molecule has 0 aromatic heterocycles. The van der Waals surface area contributed by atoms with Crippen LogP contribution in [0.25, 0.3) is 0 Å². The first-order valence-corrected chi connectivity index (χ1v) is 9.85. The van der Waals surface area contributed by atoms with E-state index in [9.17, 15) is 8.78 Å². The number of ether oxygens (including phenoxy) is 1. The largest absolute Gasteiger partial charge is 0.381 e. The first-order valence-electron chi connectivity index (χ1n) is 8.62. The van der Waals surface area contributed by atoms with Gasteiger partial charge in [0.05, 0.1) is 12.6 Å². The van der Waals surface area contributed by atoms with Crippen molar-refractivity contribution in [3.05, 3.63) is 35.4 Å². The van der Waals surface area contributed by atoms with Crippen molar-refractivity contribution in [2.45, 2.75) is 37.5 Å². The van der Waals surface area contributed by atoms with Crippen LogP contribution in [0.5, 0.6) is 0 Å². The van der Waals surface area contributed by atoms with E-state index in [2.05, 4.69) is 16.9 Å². The minimum Gasteiger partial charge on any atom is -0.381 e. The summed E-state index contributed by atoms with van der Waals surface area (Å²) in [4.78, 5) is 4.71. The number of hydrogen-bond acceptors (Lipinski definition) is 3. The highest BCUT2D eigenvalue weighted by Crippen LogP contribution is 2.34. The summed E-state index contributed by atoms with van der Waals surface area (Å²) in [5, 5.41) is 6.41. The second-order valence-corrected chi connectivity index (χ2v) is 7.50. The topological polar surface area (TPSA) is 45.7 Å². The third kappa shape index (κ3) is 6.53. The third-order valence-corrected chi connectivity index (χ3v) is 5.89. The average Bonchev–Trinajstić information content (AvgIpc) is 2.60. The zero-order valence-corrected chi connectivity index (χ0v) is 18.6. The molecule has 1 aliphatic rings. The van der Waals surface area contributed by atoms with Gasteiger partial charge in [-0.1, -0.05) is 6.07 Å². The smallest absolute Gasteiger partial charge is 0.191 e. The zero-order valence-electron chi connectivity index (χ0n) is 15.5. The Balaban J connectivity index is 0.00000338. The normalized spacial score (nSPS) is 18.0. The van der Waals surface area contributed by atoms with Gasteiger partial charge in [0.25, 0.3) is 0 Å². The monoisotopic (exact) mass is 499 g/mol. The summed E-state index contributed by atoms with van der Waals surface area (Å²) >= 11 is 1.83. The Morgan fingerprint density at radius 3 is 2.62 bits per heavy atom. The lowest BCUT2D eigenvalue weighted by atomic mass is 9.99. The molecule has 4 nitrogen and oxygen atoms in total. The quantitative estimate of drug-likeness (QED) is 0.352. The lowest BCUT2D eigenvalue weighted by Crippen LogP contribution is -2.41. The Bertz CT molecular complexity index is 598. The van der Waals surface area contributed by atoms with Crippen molar-refractivity contribution in [1.29, 1.82) is 0 Å².